The Bertz CT molecular complexity index is 1650. The van der Waals surface area contributed by atoms with E-state index < -0.39 is 23.7 Å². The number of fused-ring (bicyclic) bond motifs is 1. The summed E-state index contributed by atoms with van der Waals surface area (Å²) in [6, 6.07) is 16.4. The molecular formula is C30H26N2O6S. The zero-order valence-corrected chi connectivity index (χ0v) is 22.7. The first-order valence-electron chi connectivity index (χ1n) is 12.3. The van der Waals surface area contributed by atoms with Crippen molar-refractivity contribution in [1.82, 2.24) is 4.98 Å². The lowest BCUT2D eigenvalue weighted by Gasteiger charge is -2.23. The molecule has 1 amide bonds. The molecule has 3 aromatic carbocycles. The molecule has 0 bridgehead atoms. The zero-order valence-electron chi connectivity index (χ0n) is 21.8. The van der Waals surface area contributed by atoms with Crippen molar-refractivity contribution in [1.29, 1.82) is 0 Å². The van der Waals surface area contributed by atoms with Gasteiger partial charge in [-0.2, -0.15) is 0 Å². The normalized spacial score (nSPS) is 16.6. The number of aryl methyl sites for hydroxylation is 2. The van der Waals surface area contributed by atoms with Crippen molar-refractivity contribution in [3.63, 3.8) is 0 Å². The van der Waals surface area contributed by atoms with E-state index in [1.54, 1.807) is 42.5 Å². The number of Topliss-reactive ketones (excluding diaryl/α,β-unsaturated/α-hetero) is 1. The van der Waals surface area contributed by atoms with Crippen LogP contribution in [0.5, 0.6) is 5.75 Å². The number of hydrogen-bond donors (Lipinski definition) is 1. The number of esters is 1. The van der Waals surface area contributed by atoms with Crippen LogP contribution in [0.3, 0.4) is 0 Å². The Morgan fingerprint density at radius 3 is 2.49 bits per heavy atom. The molecule has 198 valence electrons. The number of benzene rings is 3. The second-order valence-corrected chi connectivity index (χ2v) is 10.2. The highest BCUT2D eigenvalue weighted by Crippen LogP contribution is 2.45. The van der Waals surface area contributed by atoms with Crippen molar-refractivity contribution in [3.8, 4) is 5.75 Å². The van der Waals surface area contributed by atoms with Crippen LogP contribution in [0.4, 0.5) is 5.13 Å². The van der Waals surface area contributed by atoms with E-state index in [1.807, 2.05) is 39.0 Å². The number of rotatable bonds is 6. The quantitative estimate of drug-likeness (QED) is 0.144. The van der Waals surface area contributed by atoms with E-state index >= 15 is 0 Å². The Balaban J connectivity index is 1.71. The van der Waals surface area contributed by atoms with E-state index in [-0.39, 0.29) is 11.3 Å². The van der Waals surface area contributed by atoms with E-state index in [1.165, 1.54) is 23.3 Å². The van der Waals surface area contributed by atoms with Crippen molar-refractivity contribution >= 4 is 50.1 Å². The molecule has 8 nitrogen and oxygen atoms in total. The number of methoxy groups -OCH3 is 1. The predicted molar refractivity (Wildman–Crippen MR) is 149 cm³/mol. The van der Waals surface area contributed by atoms with Gasteiger partial charge in [-0.05, 0) is 68.3 Å². The highest BCUT2D eigenvalue weighted by atomic mass is 32.1. The van der Waals surface area contributed by atoms with Gasteiger partial charge < -0.3 is 14.6 Å². The number of carbonyl (C=O) groups is 3. The number of aromatic nitrogens is 1. The van der Waals surface area contributed by atoms with Crippen molar-refractivity contribution in [2.45, 2.75) is 26.8 Å². The standard InChI is InChI=1S/C30H26N2O6S/c1-5-38-20-12-13-22-23(15-20)39-30(31-22)32-25(18-8-10-19(11-9-18)29(36)37-4)24(27(34)28(32)35)26(33)21-14-16(2)6-7-17(21)3/h6-15,25,33H,5H2,1-4H3. The fourth-order valence-electron chi connectivity index (χ4n) is 4.65. The second kappa shape index (κ2) is 10.3. The number of nitrogens with zero attached hydrogens (tertiary/aromatic N) is 2. The molecule has 0 aliphatic carbocycles. The molecule has 0 radical (unpaired) electrons. The van der Waals surface area contributed by atoms with Gasteiger partial charge in [0, 0.05) is 5.56 Å². The number of hydrogen-bond acceptors (Lipinski definition) is 8. The Kier molecular flexibility index (Phi) is 6.93. The molecule has 0 saturated carbocycles. The Hall–Kier alpha value is -4.50. The molecule has 4 aromatic rings. The van der Waals surface area contributed by atoms with Gasteiger partial charge in [-0.15, -0.1) is 0 Å². The summed E-state index contributed by atoms with van der Waals surface area (Å²) in [5.74, 6) is -1.72. The third kappa shape index (κ3) is 4.66. The third-order valence-corrected chi connectivity index (χ3v) is 7.62. The van der Waals surface area contributed by atoms with Gasteiger partial charge >= 0.3 is 11.9 Å². The first kappa shape index (κ1) is 26.1. The smallest absolute Gasteiger partial charge is 0.337 e. The first-order valence-corrected chi connectivity index (χ1v) is 13.2. The lowest BCUT2D eigenvalue weighted by molar-refractivity contribution is -0.132. The van der Waals surface area contributed by atoms with Crippen LogP contribution >= 0.6 is 11.3 Å². The topological polar surface area (TPSA) is 106 Å². The fraction of sp³-hybridized carbons (Fsp3) is 0.200. The molecule has 1 aliphatic rings. The van der Waals surface area contributed by atoms with Gasteiger partial charge in [0.2, 0.25) is 0 Å². The van der Waals surface area contributed by atoms with Gasteiger partial charge in [-0.1, -0.05) is 41.2 Å². The summed E-state index contributed by atoms with van der Waals surface area (Å²) in [6.45, 7) is 6.11. The van der Waals surface area contributed by atoms with Crippen LogP contribution in [0.1, 0.15) is 45.6 Å². The molecule has 1 aliphatic heterocycles. The number of ketones is 1. The minimum atomic E-state index is -0.969. The largest absolute Gasteiger partial charge is 0.507 e. The van der Waals surface area contributed by atoms with Gasteiger partial charge in [-0.3, -0.25) is 14.5 Å². The lowest BCUT2D eigenvalue weighted by atomic mass is 9.93. The summed E-state index contributed by atoms with van der Waals surface area (Å²) >= 11 is 1.25. The minimum Gasteiger partial charge on any atom is -0.507 e. The fourth-order valence-corrected chi connectivity index (χ4v) is 5.67. The maximum atomic E-state index is 13.6. The van der Waals surface area contributed by atoms with E-state index in [9.17, 15) is 19.5 Å². The van der Waals surface area contributed by atoms with Crippen molar-refractivity contribution in [2.24, 2.45) is 0 Å². The number of aliphatic hydroxyl groups is 1. The van der Waals surface area contributed by atoms with Crippen molar-refractivity contribution in [2.75, 3.05) is 18.6 Å². The monoisotopic (exact) mass is 542 g/mol. The average molecular weight is 543 g/mol. The highest BCUT2D eigenvalue weighted by Gasteiger charge is 2.48. The van der Waals surface area contributed by atoms with Crippen LogP contribution in [0.2, 0.25) is 0 Å². The highest BCUT2D eigenvalue weighted by molar-refractivity contribution is 7.22. The Morgan fingerprint density at radius 2 is 1.79 bits per heavy atom. The number of thiazole rings is 1. The zero-order chi connectivity index (χ0) is 27.8. The summed E-state index contributed by atoms with van der Waals surface area (Å²) in [7, 11) is 1.29. The molecular weight excluding hydrogens is 516 g/mol. The first-order chi connectivity index (χ1) is 18.7. The Morgan fingerprint density at radius 1 is 1.05 bits per heavy atom. The van der Waals surface area contributed by atoms with Crippen LogP contribution in [-0.4, -0.2) is 41.5 Å². The summed E-state index contributed by atoms with van der Waals surface area (Å²) in [5, 5.41) is 11.8. The summed E-state index contributed by atoms with van der Waals surface area (Å²) in [5.41, 5.74) is 3.57. The van der Waals surface area contributed by atoms with Crippen LogP contribution in [0, 0.1) is 13.8 Å². The minimum absolute atomic E-state index is 0.0474. The molecule has 1 fully saturated rings. The van der Waals surface area contributed by atoms with Crippen LogP contribution in [0.25, 0.3) is 16.0 Å². The molecule has 5 rings (SSSR count). The lowest BCUT2D eigenvalue weighted by Crippen LogP contribution is -2.29. The van der Waals surface area contributed by atoms with E-state index in [4.69, 9.17) is 9.47 Å². The van der Waals surface area contributed by atoms with E-state index in [0.717, 1.165) is 15.8 Å². The summed E-state index contributed by atoms with van der Waals surface area (Å²) in [4.78, 5) is 45.1. The van der Waals surface area contributed by atoms with Gasteiger partial charge in [0.05, 0.1) is 41.1 Å². The third-order valence-electron chi connectivity index (χ3n) is 6.61. The van der Waals surface area contributed by atoms with Crippen molar-refractivity contribution in [3.05, 3.63) is 94.1 Å². The molecule has 1 N–H and O–H groups in total. The van der Waals surface area contributed by atoms with Gasteiger partial charge in [-0.25, -0.2) is 9.78 Å². The van der Waals surface area contributed by atoms with Crippen molar-refractivity contribution < 1.29 is 29.0 Å². The second-order valence-electron chi connectivity index (χ2n) is 9.16. The Labute approximate surface area is 229 Å². The van der Waals surface area contributed by atoms with E-state index in [2.05, 4.69) is 4.98 Å². The number of aliphatic hydroxyl groups excluding tert-OH is 1. The summed E-state index contributed by atoms with van der Waals surface area (Å²) in [6.07, 6.45) is 0. The molecule has 2 heterocycles. The number of anilines is 1. The number of amides is 1. The number of ether oxygens (including phenoxy) is 2. The van der Waals surface area contributed by atoms with Crippen LogP contribution < -0.4 is 9.64 Å². The SMILES string of the molecule is CCOc1ccc2nc(N3C(=O)C(=O)C(=C(O)c4cc(C)ccc4C)C3c3ccc(C(=O)OC)cc3)sc2c1. The number of carbonyl (C=O) groups excluding carboxylic acids is 3. The molecule has 9 heteroatoms. The molecule has 1 atom stereocenters. The predicted octanol–water partition coefficient (Wildman–Crippen LogP) is 5.72. The van der Waals surface area contributed by atoms with Gasteiger partial charge in [0.25, 0.3) is 5.78 Å². The summed E-state index contributed by atoms with van der Waals surface area (Å²) < 4.78 is 11.2. The van der Waals surface area contributed by atoms with Gasteiger partial charge in [0.15, 0.2) is 5.13 Å². The maximum absolute atomic E-state index is 13.6. The molecule has 0 spiro atoms. The average Bonchev–Trinajstić information content (AvgIpc) is 3.47. The molecule has 1 unspecified atom stereocenters. The van der Waals surface area contributed by atoms with Crippen LogP contribution in [-0.2, 0) is 14.3 Å². The molecule has 39 heavy (non-hydrogen) atoms. The molecule has 1 saturated heterocycles. The van der Waals surface area contributed by atoms with Crippen LogP contribution in [0.15, 0.2) is 66.2 Å². The van der Waals surface area contributed by atoms with Gasteiger partial charge in [0.1, 0.15) is 11.5 Å². The molecule has 1 aromatic heterocycles. The maximum Gasteiger partial charge on any atom is 0.337 e. The van der Waals surface area contributed by atoms with E-state index in [0.29, 0.717) is 39.7 Å².